The van der Waals surface area contributed by atoms with Gasteiger partial charge in [-0.3, -0.25) is 0 Å². The van der Waals surface area contributed by atoms with Crippen molar-refractivity contribution in [3.05, 3.63) is 30.5 Å². The molecular weight excluding hydrogens is 212 g/mol. The van der Waals surface area contributed by atoms with Crippen LogP contribution in [0.1, 0.15) is 19.3 Å². The third-order valence-electron chi connectivity index (χ3n) is 3.29. The van der Waals surface area contributed by atoms with Crippen LogP contribution in [0.4, 0.5) is 5.82 Å². The molecule has 3 nitrogen and oxygen atoms in total. The fourth-order valence-electron chi connectivity index (χ4n) is 2.10. The Morgan fingerprint density at radius 1 is 1.29 bits per heavy atom. The summed E-state index contributed by atoms with van der Waals surface area (Å²) in [6, 6.07) is 7.34. The predicted molar refractivity (Wildman–Crippen MR) is 69.2 cm³/mol. The predicted octanol–water partition coefficient (Wildman–Crippen LogP) is 3.15. The molecule has 0 saturated heterocycles. The first-order valence-corrected chi connectivity index (χ1v) is 6.14. The average molecular weight is 228 g/mol. The molecule has 0 spiro atoms. The maximum absolute atomic E-state index is 9.52. The number of aromatic nitrogens is 1. The molecule has 0 radical (unpaired) electrons. The van der Waals surface area contributed by atoms with Gasteiger partial charge in [0.25, 0.3) is 0 Å². The Morgan fingerprint density at radius 3 is 3.00 bits per heavy atom. The Kier molecular flexibility index (Phi) is 2.59. The van der Waals surface area contributed by atoms with E-state index in [0.29, 0.717) is 0 Å². The number of nitrogens with zero attached hydrogens (tertiary/aromatic N) is 1. The monoisotopic (exact) mass is 228 g/mol. The lowest BCUT2D eigenvalue weighted by atomic mass is 10.1. The maximum Gasteiger partial charge on any atom is 0.133 e. The summed E-state index contributed by atoms with van der Waals surface area (Å²) in [6.07, 6.45) is 5.78. The lowest BCUT2D eigenvalue weighted by molar-refractivity contribution is 0.476. The zero-order valence-corrected chi connectivity index (χ0v) is 9.69. The molecule has 2 N–H and O–H groups in total. The van der Waals surface area contributed by atoms with Crippen LogP contribution in [0.3, 0.4) is 0 Å². The Hall–Kier alpha value is -1.77. The summed E-state index contributed by atoms with van der Waals surface area (Å²) >= 11 is 0. The van der Waals surface area contributed by atoms with Crippen molar-refractivity contribution in [2.75, 3.05) is 11.9 Å². The van der Waals surface area contributed by atoms with E-state index in [2.05, 4.69) is 10.3 Å². The largest absolute Gasteiger partial charge is 0.508 e. The van der Waals surface area contributed by atoms with E-state index in [1.165, 1.54) is 19.3 Å². The summed E-state index contributed by atoms with van der Waals surface area (Å²) < 4.78 is 0. The highest BCUT2D eigenvalue weighted by Crippen LogP contribution is 2.32. The van der Waals surface area contributed by atoms with Crippen molar-refractivity contribution < 1.29 is 5.11 Å². The Labute approximate surface area is 100 Å². The van der Waals surface area contributed by atoms with Crippen LogP contribution in [0.2, 0.25) is 0 Å². The molecule has 0 bridgehead atoms. The Morgan fingerprint density at radius 2 is 2.18 bits per heavy atom. The van der Waals surface area contributed by atoms with Gasteiger partial charge < -0.3 is 10.4 Å². The molecule has 2 aromatic rings. The van der Waals surface area contributed by atoms with Crippen LogP contribution in [-0.4, -0.2) is 16.6 Å². The van der Waals surface area contributed by atoms with E-state index in [4.69, 9.17) is 0 Å². The summed E-state index contributed by atoms with van der Waals surface area (Å²) in [5.41, 5.74) is 0. The number of aromatic hydroxyl groups is 1. The minimum absolute atomic E-state index is 0.288. The van der Waals surface area contributed by atoms with Gasteiger partial charge in [-0.05, 0) is 35.9 Å². The molecule has 1 saturated carbocycles. The SMILES string of the molecule is Oc1ccc2ccnc(NCCC3CC3)c2c1. The van der Waals surface area contributed by atoms with Crippen LogP contribution in [-0.2, 0) is 0 Å². The van der Waals surface area contributed by atoms with Crippen molar-refractivity contribution in [3.8, 4) is 5.75 Å². The van der Waals surface area contributed by atoms with Crippen LogP contribution in [0, 0.1) is 5.92 Å². The number of phenols is 1. The van der Waals surface area contributed by atoms with E-state index in [1.807, 2.05) is 12.1 Å². The zero-order valence-electron chi connectivity index (χ0n) is 9.69. The van der Waals surface area contributed by atoms with Crippen molar-refractivity contribution in [2.24, 2.45) is 5.92 Å². The van der Waals surface area contributed by atoms with E-state index in [-0.39, 0.29) is 5.75 Å². The van der Waals surface area contributed by atoms with E-state index in [9.17, 15) is 5.11 Å². The summed E-state index contributed by atoms with van der Waals surface area (Å²) in [4.78, 5) is 4.34. The van der Waals surface area contributed by atoms with Crippen LogP contribution in [0.5, 0.6) is 5.75 Å². The number of rotatable bonds is 4. The van der Waals surface area contributed by atoms with E-state index in [1.54, 1.807) is 18.3 Å². The van der Waals surface area contributed by atoms with Crippen LogP contribution in [0.15, 0.2) is 30.5 Å². The second-order valence-corrected chi connectivity index (χ2v) is 4.72. The van der Waals surface area contributed by atoms with Crippen molar-refractivity contribution >= 4 is 16.6 Å². The highest BCUT2D eigenvalue weighted by Gasteiger charge is 2.20. The molecule has 1 aromatic heterocycles. The highest BCUT2D eigenvalue weighted by atomic mass is 16.3. The van der Waals surface area contributed by atoms with Crippen LogP contribution in [0.25, 0.3) is 10.8 Å². The number of nitrogens with one attached hydrogen (secondary N) is 1. The molecule has 88 valence electrons. The standard InChI is InChI=1S/C14H16N2O/c17-12-4-3-11-6-8-16-14(13(11)9-12)15-7-5-10-1-2-10/h3-4,6,8-10,17H,1-2,5,7H2,(H,15,16). The van der Waals surface area contributed by atoms with Gasteiger partial charge in [-0.1, -0.05) is 18.9 Å². The van der Waals surface area contributed by atoms with Gasteiger partial charge in [0.15, 0.2) is 0 Å². The van der Waals surface area contributed by atoms with E-state index >= 15 is 0 Å². The first kappa shape index (κ1) is 10.4. The second-order valence-electron chi connectivity index (χ2n) is 4.72. The van der Waals surface area contributed by atoms with Crippen molar-refractivity contribution in [1.29, 1.82) is 0 Å². The van der Waals surface area contributed by atoms with Gasteiger partial charge in [-0.2, -0.15) is 0 Å². The third-order valence-corrected chi connectivity index (χ3v) is 3.29. The number of hydrogen-bond donors (Lipinski definition) is 2. The molecule has 17 heavy (non-hydrogen) atoms. The molecule has 1 aromatic carbocycles. The zero-order chi connectivity index (χ0) is 11.7. The molecular formula is C14H16N2O. The van der Waals surface area contributed by atoms with Gasteiger partial charge in [-0.15, -0.1) is 0 Å². The van der Waals surface area contributed by atoms with E-state index in [0.717, 1.165) is 29.1 Å². The summed E-state index contributed by atoms with van der Waals surface area (Å²) in [5.74, 6) is 2.08. The van der Waals surface area contributed by atoms with Gasteiger partial charge in [0.1, 0.15) is 11.6 Å². The van der Waals surface area contributed by atoms with Gasteiger partial charge in [0.05, 0.1) is 0 Å². The Bertz CT molecular complexity index is 535. The number of anilines is 1. The molecule has 1 aliphatic rings. The smallest absolute Gasteiger partial charge is 0.133 e. The highest BCUT2D eigenvalue weighted by molar-refractivity contribution is 5.92. The minimum atomic E-state index is 0.288. The fourth-order valence-corrected chi connectivity index (χ4v) is 2.10. The first-order chi connectivity index (χ1) is 8.33. The molecule has 3 rings (SSSR count). The number of fused-ring (bicyclic) bond motifs is 1. The molecule has 3 heteroatoms. The third kappa shape index (κ3) is 2.33. The van der Waals surface area contributed by atoms with Gasteiger partial charge in [0, 0.05) is 18.1 Å². The van der Waals surface area contributed by atoms with Gasteiger partial charge in [-0.25, -0.2) is 4.98 Å². The van der Waals surface area contributed by atoms with Crippen molar-refractivity contribution in [2.45, 2.75) is 19.3 Å². The maximum atomic E-state index is 9.52. The molecule has 0 aliphatic heterocycles. The summed E-state index contributed by atoms with van der Waals surface area (Å²) in [6.45, 7) is 0.965. The topological polar surface area (TPSA) is 45.2 Å². The molecule has 0 unspecified atom stereocenters. The van der Waals surface area contributed by atoms with Crippen LogP contribution >= 0.6 is 0 Å². The molecule has 0 atom stereocenters. The number of phenolic OH excluding ortho intramolecular Hbond substituents is 1. The lowest BCUT2D eigenvalue weighted by Gasteiger charge is -2.08. The Balaban J connectivity index is 1.83. The fraction of sp³-hybridized carbons (Fsp3) is 0.357. The van der Waals surface area contributed by atoms with Gasteiger partial charge in [0.2, 0.25) is 0 Å². The lowest BCUT2D eigenvalue weighted by Crippen LogP contribution is -2.04. The normalized spacial score (nSPS) is 15.1. The number of hydrogen-bond acceptors (Lipinski definition) is 3. The van der Waals surface area contributed by atoms with E-state index < -0.39 is 0 Å². The molecule has 1 fully saturated rings. The van der Waals surface area contributed by atoms with Gasteiger partial charge >= 0.3 is 0 Å². The quantitative estimate of drug-likeness (QED) is 0.845. The van der Waals surface area contributed by atoms with Crippen molar-refractivity contribution in [1.82, 2.24) is 4.98 Å². The summed E-state index contributed by atoms with van der Waals surface area (Å²) in [7, 11) is 0. The first-order valence-electron chi connectivity index (χ1n) is 6.14. The van der Waals surface area contributed by atoms with Crippen LogP contribution < -0.4 is 5.32 Å². The minimum Gasteiger partial charge on any atom is -0.508 e. The molecule has 1 heterocycles. The number of benzene rings is 1. The number of pyridine rings is 1. The van der Waals surface area contributed by atoms with Crippen molar-refractivity contribution in [3.63, 3.8) is 0 Å². The molecule has 0 amide bonds. The second kappa shape index (κ2) is 4.24. The molecule has 1 aliphatic carbocycles. The average Bonchev–Trinajstić information content (AvgIpc) is 3.14. The summed E-state index contributed by atoms with van der Waals surface area (Å²) in [5, 5.41) is 15.0.